The number of esters is 2. The monoisotopic (exact) mass is 393 g/mol. The number of carbonyl (C=O) groups is 3. The second-order valence-electron chi connectivity index (χ2n) is 7.42. The summed E-state index contributed by atoms with van der Waals surface area (Å²) in [6.07, 6.45) is 0.443. The van der Waals surface area contributed by atoms with E-state index in [9.17, 15) is 24.5 Å². The molecule has 0 saturated carbocycles. The van der Waals surface area contributed by atoms with Crippen LogP contribution in [0.1, 0.15) is 50.0 Å². The SMILES string of the molecule is CCC(=O)NC1Cc2ccc(O)c(C(=O)OCOC(=O)C(C)(C)C)c2OB1O. The lowest BCUT2D eigenvalue weighted by atomic mass is 9.72. The van der Waals surface area contributed by atoms with Crippen molar-refractivity contribution in [2.75, 3.05) is 6.79 Å². The number of hydrogen-bond acceptors (Lipinski definition) is 8. The second kappa shape index (κ2) is 8.51. The number of ether oxygens (including phenoxy) is 2. The van der Waals surface area contributed by atoms with E-state index in [1.165, 1.54) is 12.1 Å². The lowest BCUT2D eigenvalue weighted by Crippen LogP contribution is -2.53. The normalized spacial score (nSPS) is 15.9. The van der Waals surface area contributed by atoms with E-state index in [-0.39, 0.29) is 30.1 Å². The fourth-order valence-corrected chi connectivity index (χ4v) is 2.51. The first-order valence-electron chi connectivity index (χ1n) is 8.87. The van der Waals surface area contributed by atoms with Gasteiger partial charge in [-0.3, -0.25) is 9.59 Å². The summed E-state index contributed by atoms with van der Waals surface area (Å²) in [5.74, 6) is -2.92. The highest BCUT2D eigenvalue weighted by molar-refractivity contribution is 6.47. The van der Waals surface area contributed by atoms with E-state index in [1.807, 2.05) is 0 Å². The molecule has 2 rings (SSSR count). The Hall–Kier alpha value is -2.75. The van der Waals surface area contributed by atoms with Gasteiger partial charge in [-0.2, -0.15) is 0 Å². The minimum atomic E-state index is -1.41. The Morgan fingerprint density at radius 2 is 1.96 bits per heavy atom. The van der Waals surface area contributed by atoms with Gasteiger partial charge in [0, 0.05) is 6.42 Å². The summed E-state index contributed by atoms with van der Waals surface area (Å²) >= 11 is 0. The van der Waals surface area contributed by atoms with E-state index in [1.54, 1.807) is 27.7 Å². The molecule has 28 heavy (non-hydrogen) atoms. The Kier molecular flexibility index (Phi) is 6.55. The molecule has 1 atom stereocenters. The number of aromatic hydroxyl groups is 1. The summed E-state index contributed by atoms with van der Waals surface area (Å²) in [4.78, 5) is 35.7. The molecular formula is C18H24BNO8. The van der Waals surface area contributed by atoms with Crippen LogP contribution in [0.2, 0.25) is 0 Å². The molecule has 1 aliphatic rings. The van der Waals surface area contributed by atoms with Crippen LogP contribution >= 0.6 is 0 Å². The standard InChI is InChI=1S/C18H24BNO8/c1-5-13(22)20-12-8-10-6-7-11(21)14(15(10)28-19(12)25)16(23)26-9-27-17(24)18(2,3)4/h6-7,12,21,25H,5,8-9H2,1-4H3,(H,20,22). The minimum absolute atomic E-state index is 0.0401. The molecule has 1 aromatic rings. The van der Waals surface area contributed by atoms with Gasteiger partial charge in [0.2, 0.25) is 12.7 Å². The molecule has 1 aromatic carbocycles. The molecular weight excluding hydrogens is 369 g/mol. The van der Waals surface area contributed by atoms with Crippen molar-refractivity contribution in [3.63, 3.8) is 0 Å². The number of nitrogens with one attached hydrogen (secondary N) is 1. The molecule has 1 aliphatic heterocycles. The Morgan fingerprint density at radius 3 is 2.57 bits per heavy atom. The van der Waals surface area contributed by atoms with Gasteiger partial charge in [-0.1, -0.05) is 13.0 Å². The van der Waals surface area contributed by atoms with E-state index >= 15 is 0 Å². The highest BCUT2D eigenvalue weighted by Gasteiger charge is 2.38. The van der Waals surface area contributed by atoms with E-state index in [0.717, 1.165) is 0 Å². The first kappa shape index (κ1) is 21.6. The van der Waals surface area contributed by atoms with Gasteiger partial charge in [-0.25, -0.2) is 4.79 Å². The highest BCUT2D eigenvalue weighted by atomic mass is 16.7. The van der Waals surface area contributed by atoms with Crippen molar-refractivity contribution >= 4 is 25.0 Å². The number of carbonyl (C=O) groups excluding carboxylic acids is 3. The molecule has 1 heterocycles. The molecule has 0 fully saturated rings. The minimum Gasteiger partial charge on any atom is -0.534 e. The number of amides is 1. The number of rotatable bonds is 5. The van der Waals surface area contributed by atoms with Gasteiger partial charge in [-0.15, -0.1) is 0 Å². The average molecular weight is 393 g/mol. The summed E-state index contributed by atoms with van der Waals surface area (Å²) in [5, 5.41) is 22.9. The van der Waals surface area contributed by atoms with Crippen LogP contribution in [0.15, 0.2) is 12.1 Å². The first-order chi connectivity index (χ1) is 13.0. The summed E-state index contributed by atoms with van der Waals surface area (Å²) in [5.41, 5.74) is -0.544. The lowest BCUT2D eigenvalue weighted by Gasteiger charge is -2.29. The number of phenols is 1. The summed E-state index contributed by atoms with van der Waals surface area (Å²) in [6.45, 7) is 6.01. The van der Waals surface area contributed by atoms with Crippen molar-refractivity contribution < 1.29 is 38.6 Å². The molecule has 0 aliphatic carbocycles. The maximum absolute atomic E-state index is 12.4. The Balaban J connectivity index is 2.14. The topological polar surface area (TPSA) is 131 Å². The van der Waals surface area contributed by atoms with Gasteiger partial charge in [0.15, 0.2) is 0 Å². The molecule has 1 unspecified atom stereocenters. The molecule has 1 amide bonds. The van der Waals surface area contributed by atoms with E-state index in [0.29, 0.717) is 5.56 Å². The quantitative estimate of drug-likeness (QED) is 0.383. The van der Waals surface area contributed by atoms with Gasteiger partial charge >= 0.3 is 19.1 Å². The highest BCUT2D eigenvalue weighted by Crippen LogP contribution is 2.36. The lowest BCUT2D eigenvalue weighted by molar-refractivity contribution is -0.161. The summed E-state index contributed by atoms with van der Waals surface area (Å²) < 4.78 is 15.2. The van der Waals surface area contributed by atoms with E-state index < -0.39 is 43.0 Å². The maximum atomic E-state index is 12.4. The Morgan fingerprint density at radius 1 is 1.29 bits per heavy atom. The number of phenolic OH excluding ortho intramolecular Hbond substituents is 1. The fraction of sp³-hybridized carbons (Fsp3) is 0.500. The van der Waals surface area contributed by atoms with Crippen LogP contribution in [-0.4, -0.2) is 47.8 Å². The van der Waals surface area contributed by atoms with E-state index in [4.69, 9.17) is 14.1 Å². The van der Waals surface area contributed by atoms with Gasteiger partial charge in [0.25, 0.3) is 0 Å². The van der Waals surface area contributed by atoms with Crippen LogP contribution in [-0.2, 0) is 25.5 Å². The Labute approximate surface area is 163 Å². The van der Waals surface area contributed by atoms with Crippen LogP contribution in [0.4, 0.5) is 0 Å². The zero-order valence-electron chi connectivity index (χ0n) is 16.3. The fourth-order valence-electron chi connectivity index (χ4n) is 2.51. The molecule has 3 N–H and O–H groups in total. The average Bonchev–Trinajstić information content (AvgIpc) is 2.61. The number of fused-ring (bicyclic) bond motifs is 1. The van der Waals surface area contributed by atoms with Crippen molar-refractivity contribution in [3.8, 4) is 11.5 Å². The van der Waals surface area contributed by atoms with Crippen LogP contribution in [0.25, 0.3) is 0 Å². The van der Waals surface area contributed by atoms with Crippen LogP contribution in [0, 0.1) is 5.41 Å². The molecule has 0 aromatic heterocycles. The van der Waals surface area contributed by atoms with Gasteiger partial charge < -0.3 is 29.6 Å². The summed E-state index contributed by atoms with van der Waals surface area (Å²) in [6, 6.07) is 2.81. The molecule has 152 valence electrons. The maximum Gasteiger partial charge on any atom is 0.547 e. The predicted molar refractivity (Wildman–Crippen MR) is 98.5 cm³/mol. The third-order valence-corrected chi connectivity index (χ3v) is 4.10. The zero-order chi connectivity index (χ0) is 21.1. The molecule has 0 radical (unpaired) electrons. The largest absolute Gasteiger partial charge is 0.547 e. The van der Waals surface area contributed by atoms with Crippen molar-refractivity contribution in [1.82, 2.24) is 5.32 Å². The van der Waals surface area contributed by atoms with Crippen molar-refractivity contribution in [3.05, 3.63) is 23.3 Å². The van der Waals surface area contributed by atoms with Gasteiger partial charge in [0.1, 0.15) is 17.1 Å². The van der Waals surface area contributed by atoms with Crippen molar-refractivity contribution in [2.45, 2.75) is 46.5 Å². The molecule has 10 heteroatoms. The van der Waals surface area contributed by atoms with Crippen molar-refractivity contribution in [2.24, 2.45) is 5.41 Å². The predicted octanol–water partition coefficient (Wildman–Crippen LogP) is 0.945. The first-order valence-corrected chi connectivity index (χ1v) is 8.87. The van der Waals surface area contributed by atoms with Crippen LogP contribution in [0.3, 0.4) is 0 Å². The second-order valence-corrected chi connectivity index (χ2v) is 7.42. The molecule has 9 nitrogen and oxygen atoms in total. The third-order valence-electron chi connectivity index (χ3n) is 4.10. The molecule has 0 spiro atoms. The molecule has 0 bridgehead atoms. The van der Waals surface area contributed by atoms with Crippen molar-refractivity contribution in [1.29, 1.82) is 0 Å². The summed E-state index contributed by atoms with van der Waals surface area (Å²) in [7, 11) is -1.41. The third kappa shape index (κ3) is 4.95. The smallest absolute Gasteiger partial charge is 0.534 e. The number of hydrogen-bond donors (Lipinski definition) is 3. The van der Waals surface area contributed by atoms with Gasteiger partial charge in [-0.05, 0) is 38.8 Å². The Bertz CT molecular complexity index is 774. The van der Waals surface area contributed by atoms with Gasteiger partial charge in [0.05, 0.1) is 11.4 Å². The zero-order valence-corrected chi connectivity index (χ0v) is 16.3. The van der Waals surface area contributed by atoms with Crippen LogP contribution < -0.4 is 9.97 Å². The molecule has 0 saturated heterocycles. The van der Waals surface area contributed by atoms with Crippen LogP contribution in [0.5, 0.6) is 11.5 Å². The van der Waals surface area contributed by atoms with E-state index in [2.05, 4.69) is 5.32 Å². The number of benzene rings is 1.